The van der Waals surface area contributed by atoms with Crippen LogP contribution in [0.25, 0.3) is 0 Å². The predicted molar refractivity (Wildman–Crippen MR) is 67.3 cm³/mol. The molecule has 5 nitrogen and oxygen atoms in total. The van der Waals surface area contributed by atoms with Gasteiger partial charge in [-0.2, -0.15) is 0 Å². The second-order valence-electron chi connectivity index (χ2n) is 5.99. The first-order valence-corrected chi connectivity index (χ1v) is 6.39. The highest BCUT2D eigenvalue weighted by Gasteiger charge is 2.26. The van der Waals surface area contributed by atoms with Crippen LogP contribution in [0.15, 0.2) is 0 Å². The lowest BCUT2D eigenvalue weighted by molar-refractivity contribution is -0.147. The number of carbonyl (C=O) groups excluding carboxylic acids is 1. The minimum atomic E-state index is -0.885. The monoisotopic (exact) mass is 257 g/mol. The van der Waals surface area contributed by atoms with Crippen LogP contribution in [0.4, 0.5) is 0 Å². The van der Waals surface area contributed by atoms with Crippen molar-refractivity contribution in [3.63, 3.8) is 0 Å². The maximum Gasteiger partial charge on any atom is 0.306 e. The van der Waals surface area contributed by atoms with Gasteiger partial charge < -0.3 is 14.7 Å². The lowest BCUT2D eigenvalue weighted by Crippen LogP contribution is -2.46. The predicted octanol–water partition coefficient (Wildman–Crippen LogP) is 1.51. The van der Waals surface area contributed by atoms with Crippen LogP contribution in [-0.4, -0.2) is 47.7 Å². The summed E-state index contributed by atoms with van der Waals surface area (Å²) in [7, 11) is 0. The summed E-state index contributed by atoms with van der Waals surface area (Å²) in [5.74, 6) is -0.785. The Morgan fingerprint density at radius 3 is 2.61 bits per heavy atom. The van der Waals surface area contributed by atoms with Crippen molar-refractivity contribution in [2.24, 2.45) is 5.41 Å². The molecule has 0 aromatic rings. The first kappa shape index (κ1) is 15.0. The molecule has 0 radical (unpaired) electrons. The average Bonchev–Trinajstić information content (AvgIpc) is 2.24. The molecule has 1 aliphatic rings. The molecule has 1 N–H and O–H groups in total. The lowest BCUT2D eigenvalue weighted by Gasteiger charge is -2.33. The minimum absolute atomic E-state index is 0.0386. The van der Waals surface area contributed by atoms with Gasteiger partial charge >= 0.3 is 5.97 Å². The molecule has 1 aliphatic heterocycles. The number of rotatable bonds is 4. The van der Waals surface area contributed by atoms with E-state index in [1.165, 1.54) is 0 Å². The fourth-order valence-corrected chi connectivity index (χ4v) is 1.90. The van der Waals surface area contributed by atoms with Crippen LogP contribution in [0.1, 0.15) is 40.0 Å². The minimum Gasteiger partial charge on any atom is -0.481 e. The Bertz CT molecular complexity index is 309. The topological polar surface area (TPSA) is 66.8 Å². The van der Waals surface area contributed by atoms with Gasteiger partial charge in [-0.3, -0.25) is 9.59 Å². The molecule has 18 heavy (non-hydrogen) atoms. The molecule has 0 aromatic carbocycles. The fourth-order valence-electron chi connectivity index (χ4n) is 1.90. The normalized spacial score (nSPS) is 20.8. The smallest absolute Gasteiger partial charge is 0.306 e. The van der Waals surface area contributed by atoms with Crippen molar-refractivity contribution in [1.29, 1.82) is 0 Å². The number of aliphatic carboxylic acids is 1. The van der Waals surface area contributed by atoms with Gasteiger partial charge in [0.2, 0.25) is 5.91 Å². The van der Waals surface area contributed by atoms with Gasteiger partial charge in [-0.05, 0) is 11.8 Å². The maximum absolute atomic E-state index is 12.0. The number of hydrogen-bond donors (Lipinski definition) is 1. The van der Waals surface area contributed by atoms with Crippen LogP contribution in [0, 0.1) is 5.41 Å². The second kappa shape index (κ2) is 6.18. The van der Waals surface area contributed by atoms with Crippen LogP contribution < -0.4 is 0 Å². The quantitative estimate of drug-likeness (QED) is 0.829. The van der Waals surface area contributed by atoms with Crippen molar-refractivity contribution in [2.45, 2.75) is 46.1 Å². The van der Waals surface area contributed by atoms with E-state index in [9.17, 15) is 9.59 Å². The van der Waals surface area contributed by atoms with E-state index in [2.05, 4.69) is 20.8 Å². The molecule has 0 aliphatic carbocycles. The van der Waals surface area contributed by atoms with Gasteiger partial charge in [0.15, 0.2) is 0 Å². The van der Waals surface area contributed by atoms with E-state index in [1.54, 1.807) is 4.90 Å². The molecule has 0 spiro atoms. The van der Waals surface area contributed by atoms with E-state index in [4.69, 9.17) is 9.84 Å². The number of hydrogen-bond acceptors (Lipinski definition) is 3. The zero-order valence-corrected chi connectivity index (χ0v) is 11.4. The molecule has 0 saturated carbocycles. The maximum atomic E-state index is 12.0. The summed E-state index contributed by atoms with van der Waals surface area (Å²) in [6, 6.07) is 0. The van der Waals surface area contributed by atoms with Gasteiger partial charge in [-0.25, -0.2) is 0 Å². The summed E-state index contributed by atoms with van der Waals surface area (Å²) < 4.78 is 5.34. The van der Waals surface area contributed by atoms with E-state index in [0.29, 0.717) is 26.1 Å². The average molecular weight is 257 g/mol. The van der Waals surface area contributed by atoms with E-state index in [-0.39, 0.29) is 23.8 Å². The molecule has 1 unspecified atom stereocenters. The van der Waals surface area contributed by atoms with E-state index in [0.717, 1.165) is 6.42 Å². The highest BCUT2D eigenvalue weighted by Crippen LogP contribution is 2.21. The van der Waals surface area contributed by atoms with Crippen molar-refractivity contribution in [1.82, 2.24) is 4.90 Å². The van der Waals surface area contributed by atoms with Crippen LogP contribution in [0.5, 0.6) is 0 Å². The van der Waals surface area contributed by atoms with Crippen molar-refractivity contribution in [3.05, 3.63) is 0 Å². The highest BCUT2D eigenvalue weighted by atomic mass is 16.5. The summed E-state index contributed by atoms with van der Waals surface area (Å²) in [6.07, 6.45) is 0.953. The molecule has 1 heterocycles. The Morgan fingerprint density at radius 1 is 1.39 bits per heavy atom. The molecular formula is C13H23NO4. The molecule has 1 atom stereocenters. The van der Waals surface area contributed by atoms with Crippen molar-refractivity contribution in [2.75, 3.05) is 19.7 Å². The first-order valence-electron chi connectivity index (χ1n) is 6.39. The zero-order valence-electron chi connectivity index (χ0n) is 11.4. The summed E-state index contributed by atoms with van der Waals surface area (Å²) in [4.78, 5) is 24.3. The third kappa shape index (κ3) is 5.49. The Labute approximate surface area is 108 Å². The van der Waals surface area contributed by atoms with Crippen LogP contribution >= 0.6 is 0 Å². The van der Waals surface area contributed by atoms with Gasteiger partial charge in [0.25, 0.3) is 0 Å². The Kier molecular flexibility index (Phi) is 5.14. The standard InChI is InChI=1S/C13H23NO4/c1-13(2,3)5-4-11(15)14-6-7-18-10(9-14)8-12(16)17/h10H,4-9H2,1-3H3,(H,16,17). The number of carboxylic acids is 1. The third-order valence-electron chi connectivity index (χ3n) is 2.98. The van der Waals surface area contributed by atoms with E-state index in [1.807, 2.05) is 0 Å². The highest BCUT2D eigenvalue weighted by molar-refractivity contribution is 5.76. The summed E-state index contributed by atoms with van der Waals surface area (Å²) >= 11 is 0. The summed E-state index contributed by atoms with van der Waals surface area (Å²) in [5, 5.41) is 8.72. The third-order valence-corrected chi connectivity index (χ3v) is 2.98. The van der Waals surface area contributed by atoms with Gasteiger partial charge in [0.1, 0.15) is 0 Å². The molecule has 104 valence electrons. The summed E-state index contributed by atoms with van der Waals surface area (Å²) in [5.41, 5.74) is 0.141. The number of carbonyl (C=O) groups is 2. The van der Waals surface area contributed by atoms with Crippen molar-refractivity contribution >= 4 is 11.9 Å². The summed E-state index contributed by atoms with van der Waals surface area (Å²) in [6.45, 7) is 7.71. The molecule has 1 amide bonds. The Hall–Kier alpha value is -1.10. The zero-order chi connectivity index (χ0) is 13.8. The molecule has 0 aromatic heterocycles. The molecule has 5 heteroatoms. The number of amides is 1. The molecule has 1 rings (SSSR count). The number of ether oxygens (including phenoxy) is 1. The first-order chi connectivity index (χ1) is 8.28. The van der Waals surface area contributed by atoms with Gasteiger partial charge in [-0.15, -0.1) is 0 Å². The van der Waals surface area contributed by atoms with Gasteiger partial charge in [-0.1, -0.05) is 20.8 Å². The number of morpholine rings is 1. The van der Waals surface area contributed by atoms with Crippen LogP contribution in [-0.2, 0) is 14.3 Å². The molecule has 1 fully saturated rings. The van der Waals surface area contributed by atoms with Crippen LogP contribution in [0.2, 0.25) is 0 Å². The fraction of sp³-hybridized carbons (Fsp3) is 0.846. The molecule has 1 saturated heterocycles. The molecular weight excluding hydrogens is 234 g/mol. The van der Waals surface area contributed by atoms with Crippen molar-refractivity contribution in [3.8, 4) is 0 Å². The largest absolute Gasteiger partial charge is 0.481 e. The SMILES string of the molecule is CC(C)(C)CCC(=O)N1CCOC(CC(=O)O)C1. The van der Waals surface area contributed by atoms with Crippen molar-refractivity contribution < 1.29 is 19.4 Å². The molecule has 0 bridgehead atoms. The number of carboxylic acid groups (broad SMARTS) is 1. The van der Waals surface area contributed by atoms with Crippen LogP contribution in [0.3, 0.4) is 0 Å². The number of nitrogens with zero attached hydrogens (tertiary/aromatic N) is 1. The van der Waals surface area contributed by atoms with Gasteiger partial charge in [0.05, 0.1) is 19.1 Å². The van der Waals surface area contributed by atoms with E-state index >= 15 is 0 Å². The Balaban J connectivity index is 2.41. The second-order valence-corrected chi connectivity index (χ2v) is 5.99. The lowest BCUT2D eigenvalue weighted by atomic mass is 9.90. The van der Waals surface area contributed by atoms with E-state index < -0.39 is 5.97 Å². The Morgan fingerprint density at radius 2 is 2.06 bits per heavy atom. The van der Waals surface area contributed by atoms with Gasteiger partial charge in [0, 0.05) is 19.5 Å².